The molecule has 0 radical (unpaired) electrons. The Hall–Kier alpha value is -1.78. The Morgan fingerprint density at radius 3 is 2.95 bits per heavy atom. The van der Waals surface area contributed by atoms with Crippen molar-refractivity contribution in [1.29, 1.82) is 0 Å². The van der Waals surface area contributed by atoms with E-state index < -0.39 is 0 Å². The predicted octanol–water partition coefficient (Wildman–Crippen LogP) is 2.66. The Kier molecular flexibility index (Phi) is 4.80. The third-order valence-corrected chi connectivity index (χ3v) is 4.33. The van der Waals surface area contributed by atoms with Gasteiger partial charge in [0.2, 0.25) is 0 Å². The van der Waals surface area contributed by atoms with Crippen molar-refractivity contribution < 1.29 is 5.11 Å². The van der Waals surface area contributed by atoms with E-state index in [4.69, 9.17) is 0 Å². The minimum Gasteiger partial charge on any atom is -0.396 e. The first kappa shape index (κ1) is 15.1. The van der Waals surface area contributed by atoms with E-state index in [9.17, 15) is 5.11 Å². The van der Waals surface area contributed by atoms with Crippen molar-refractivity contribution in [3.63, 3.8) is 0 Å². The number of aliphatic hydroxyl groups is 1. The molecular weight excluding hydrogens is 274 g/mol. The zero-order chi connectivity index (χ0) is 15.4. The Bertz CT molecular complexity index is 629. The molecule has 2 aromatic rings. The first-order valence-corrected chi connectivity index (χ1v) is 7.99. The summed E-state index contributed by atoms with van der Waals surface area (Å²) in [5, 5.41) is 9.21. The van der Waals surface area contributed by atoms with Gasteiger partial charge in [-0.15, -0.1) is 0 Å². The van der Waals surface area contributed by atoms with Crippen molar-refractivity contribution in [2.24, 2.45) is 0 Å². The fourth-order valence-electron chi connectivity index (χ4n) is 3.29. The van der Waals surface area contributed by atoms with E-state index in [-0.39, 0.29) is 6.61 Å². The number of hydrogen-bond acceptors (Lipinski definition) is 4. The molecule has 1 aliphatic carbocycles. The van der Waals surface area contributed by atoms with Crippen LogP contribution < -0.4 is 0 Å². The molecule has 0 aliphatic heterocycles. The monoisotopic (exact) mass is 297 g/mol. The van der Waals surface area contributed by atoms with Gasteiger partial charge in [0.05, 0.1) is 6.54 Å². The number of aliphatic hydroxyl groups excluding tert-OH is 1. The largest absolute Gasteiger partial charge is 0.396 e. The molecule has 1 N–H and O–H groups in total. The second kappa shape index (κ2) is 6.99. The second-order valence-electron chi connectivity index (χ2n) is 5.92. The van der Waals surface area contributed by atoms with Gasteiger partial charge in [-0.25, -0.2) is 9.97 Å². The first-order valence-electron chi connectivity index (χ1n) is 7.99. The smallest absolute Gasteiger partial charge is 0.142 e. The van der Waals surface area contributed by atoms with Crippen LogP contribution in [0.5, 0.6) is 0 Å². The van der Waals surface area contributed by atoms with E-state index in [1.165, 1.54) is 11.1 Å². The van der Waals surface area contributed by atoms with Gasteiger partial charge in [-0.1, -0.05) is 24.3 Å². The minimum absolute atomic E-state index is 0.222. The molecule has 0 spiro atoms. The van der Waals surface area contributed by atoms with Gasteiger partial charge in [-0.05, 0) is 43.4 Å². The summed E-state index contributed by atoms with van der Waals surface area (Å²) in [4.78, 5) is 11.3. The van der Waals surface area contributed by atoms with Crippen molar-refractivity contribution in [1.82, 2.24) is 14.9 Å². The second-order valence-corrected chi connectivity index (χ2v) is 5.92. The highest BCUT2D eigenvalue weighted by Crippen LogP contribution is 2.36. The maximum absolute atomic E-state index is 9.21. The third kappa shape index (κ3) is 3.34. The van der Waals surface area contributed by atoms with Crippen LogP contribution in [0, 0.1) is 6.92 Å². The van der Waals surface area contributed by atoms with E-state index in [0.29, 0.717) is 6.04 Å². The number of nitrogens with zero attached hydrogens (tertiary/aromatic N) is 3. The minimum atomic E-state index is 0.222. The number of hydrogen-bond donors (Lipinski definition) is 1. The Morgan fingerprint density at radius 2 is 2.14 bits per heavy atom. The Morgan fingerprint density at radius 1 is 1.27 bits per heavy atom. The molecule has 116 valence electrons. The maximum atomic E-state index is 9.21. The molecule has 0 bridgehead atoms. The lowest BCUT2D eigenvalue weighted by Gasteiger charge is -2.29. The molecule has 1 aromatic carbocycles. The molecule has 1 aromatic heterocycles. The molecule has 3 rings (SSSR count). The number of aromatic nitrogens is 2. The standard InChI is InChI=1S/C18H23N3O/c1-14-9-10-19-18(20-14)13-21(11-4-12-22)17-8-7-15-5-2-3-6-16(15)17/h2-3,5-6,9-10,17,22H,4,7-8,11-13H2,1H3/t17-/m1/s1. The summed E-state index contributed by atoms with van der Waals surface area (Å²) in [6.07, 6.45) is 4.87. The summed E-state index contributed by atoms with van der Waals surface area (Å²) in [6.45, 7) is 3.82. The lowest BCUT2D eigenvalue weighted by atomic mass is 10.1. The SMILES string of the molecule is Cc1ccnc(CN(CCCO)[C@@H]2CCc3ccccc32)n1. The Labute approximate surface area is 131 Å². The molecule has 0 unspecified atom stereocenters. The lowest BCUT2D eigenvalue weighted by Crippen LogP contribution is -2.29. The topological polar surface area (TPSA) is 49.2 Å². The summed E-state index contributed by atoms with van der Waals surface area (Å²) in [5.41, 5.74) is 3.87. The number of rotatable bonds is 6. The summed E-state index contributed by atoms with van der Waals surface area (Å²) in [5.74, 6) is 0.863. The first-order chi connectivity index (χ1) is 10.8. The molecule has 22 heavy (non-hydrogen) atoms. The lowest BCUT2D eigenvalue weighted by molar-refractivity contribution is 0.162. The van der Waals surface area contributed by atoms with Gasteiger partial charge in [0.25, 0.3) is 0 Å². The molecule has 0 saturated carbocycles. The average molecular weight is 297 g/mol. The molecule has 1 heterocycles. The van der Waals surface area contributed by atoms with Gasteiger partial charge >= 0.3 is 0 Å². The molecule has 0 saturated heterocycles. The van der Waals surface area contributed by atoms with Gasteiger partial charge in [0.1, 0.15) is 5.82 Å². The molecule has 0 fully saturated rings. The van der Waals surface area contributed by atoms with Crippen LogP contribution in [0.3, 0.4) is 0 Å². The predicted molar refractivity (Wildman–Crippen MR) is 86.4 cm³/mol. The number of aryl methyl sites for hydroxylation is 2. The third-order valence-electron chi connectivity index (χ3n) is 4.33. The summed E-state index contributed by atoms with van der Waals surface area (Å²) >= 11 is 0. The highest BCUT2D eigenvalue weighted by Gasteiger charge is 2.27. The van der Waals surface area contributed by atoms with E-state index in [0.717, 1.165) is 43.9 Å². The van der Waals surface area contributed by atoms with Gasteiger partial charge in [-0.2, -0.15) is 0 Å². The maximum Gasteiger partial charge on any atom is 0.142 e. The fraction of sp³-hybridized carbons (Fsp3) is 0.444. The van der Waals surface area contributed by atoms with Crippen LogP contribution in [0.15, 0.2) is 36.5 Å². The van der Waals surface area contributed by atoms with Crippen molar-refractivity contribution in [2.45, 2.75) is 38.8 Å². The quantitative estimate of drug-likeness (QED) is 0.890. The van der Waals surface area contributed by atoms with Crippen LogP contribution in [0.25, 0.3) is 0 Å². The van der Waals surface area contributed by atoms with Crippen LogP contribution in [-0.2, 0) is 13.0 Å². The normalized spacial score (nSPS) is 17.0. The van der Waals surface area contributed by atoms with Crippen LogP contribution in [0.2, 0.25) is 0 Å². The zero-order valence-corrected chi connectivity index (χ0v) is 13.1. The van der Waals surface area contributed by atoms with Crippen molar-refractivity contribution >= 4 is 0 Å². The van der Waals surface area contributed by atoms with Gasteiger partial charge < -0.3 is 5.11 Å². The Balaban J connectivity index is 1.81. The number of benzene rings is 1. The van der Waals surface area contributed by atoms with Crippen molar-refractivity contribution in [3.8, 4) is 0 Å². The summed E-state index contributed by atoms with van der Waals surface area (Å²) < 4.78 is 0. The van der Waals surface area contributed by atoms with Gasteiger partial charge in [0.15, 0.2) is 0 Å². The highest BCUT2D eigenvalue weighted by atomic mass is 16.3. The van der Waals surface area contributed by atoms with E-state index in [2.05, 4.69) is 39.1 Å². The molecular formula is C18H23N3O. The van der Waals surface area contributed by atoms with Crippen LogP contribution >= 0.6 is 0 Å². The van der Waals surface area contributed by atoms with Crippen LogP contribution in [-0.4, -0.2) is 33.1 Å². The van der Waals surface area contributed by atoms with E-state index in [1.54, 1.807) is 0 Å². The molecule has 0 amide bonds. The van der Waals surface area contributed by atoms with Crippen molar-refractivity contribution in [3.05, 3.63) is 59.2 Å². The molecule has 4 nitrogen and oxygen atoms in total. The van der Waals surface area contributed by atoms with Gasteiger partial charge in [-0.3, -0.25) is 4.90 Å². The number of fused-ring (bicyclic) bond motifs is 1. The van der Waals surface area contributed by atoms with Crippen LogP contribution in [0.1, 0.15) is 41.5 Å². The zero-order valence-electron chi connectivity index (χ0n) is 13.1. The summed E-state index contributed by atoms with van der Waals surface area (Å²) in [7, 11) is 0. The van der Waals surface area contributed by atoms with E-state index in [1.807, 2.05) is 19.2 Å². The fourth-order valence-corrected chi connectivity index (χ4v) is 3.29. The molecule has 1 aliphatic rings. The molecule has 1 atom stereocenters. The van der Waals surface area contributed by atoms with Gasteiger partial charge in [0, 0.05) is 31.1 Å². The summed E-state index contributed by atoms with van der Waals surface area (Å²) in [6, 6.07) is 11.0. The molecule has 4 heteroatoms. The average Bonchev–Trinajstić information content (AvgIpc) is 2.95. The van der Waals surface area contributed by atoms with Crippen LogP contribution in [0.4, 0.5) is 0 Å². The van der Waals surface area contributed by atoms with E-state index >= 15 is 0 Å². The van der Waals surface area contributed by atoms with Crippen molar-refractivity contribution in [2.75, 3.05) is 13.2 Å². The highest BCUT2D eigenvalue weighted by molar-refractivity contribution is 5.34.